The van der Waals surface area contributed by atoms with Crippen LogP contribution in [0.25, 0.3) is 11.1 Å². The zero-order valence-corrected chi connectivity index (χ0v) is 28.3. The predicted molar refractivity (Wildman–Crippen MR) is 186 cm³/mol. The summed E-state index contributed by atoms with van der Waals surface area (Å²) in [5.74, 6) is 3.76. The first kappa shape index (κ1) is 32.9. The van der Waals surface area contributed by atoms with Crippen molar-refractivity contribution in [3.8, 4) is 16.9 Å². The van der Waals surface area contributed by atoms with E-state index in [0.717, 1.165) is 54.6 Å². The summed E-state index contributed by atoms with van der Waals surface area (Å²) in [5.41, 5.74) is 3.92. The summed E-state index contributed by atoms with van der Waals surface area (Å²) in [6, 6.07) is 14.8. The highest BCUT2D eigenvalue weighted by Gasteiger charge is 2.29. The molecule has 4 rings (SSSR count). The third-order valence-corrected chi connectivity index (χ3v) is 11.2. The number of benzene rings is 2. The van der Waals surface area contributed by atoms with Crippen LogP contribution in [0.15, 0.2) is 59.5 Å². The molecular formula is C37H53IO2S. The van der Waals surface area contributed by atoms with Gasteiger partial charge in [0.2, 0.25) is 0 Å². The van der Waals surface area contributed by atoms with Crippen molar-refractivity contribution in [2.45, 2.75) is 114 Å². The first-order chi connectivity index (χ1) is 20.1. The summed E-state index contributed by atoms with van der Waals surface area (Å²) in [7, 11) is 0. The summed E-state index contributed by atoms with van der Waals surface area (Å²) in [4.78, 5) is 1.02. The Labute approximate surface area is 270 Å². The molecule has 2 aromatic rings. The van der Waals surface area contributed by atoms with Crippen molar-refractivity contribution in [3.05, 3.63) is 58.2 Å². The second-order valence-electron chi connectivity index (χ2n) is 12.7. The van der Waals surface area contributed by atoms with E-state index >= 15 is 0 Å². The van der Waals surface area contributed by atoms with Gasteiger partial charge in [-0.1, -0.05) is 75.3 Å². The number of hydrogen-bond donors (Lipinski definition) is 1. The minimum atomic E-state index is 0.810. The number of ether oxygens (including phenoxy) is 2. The van der Waals surface area contributed by atoms with Crippen LogP contribution in [0.5, 0.6) is 5.75 Å². The van der Waals surface area contributed by atoms with Crippen LogP contribution in [-0.2, 0) is 4.74 Å². The zero-order chi connectivity index (χ0) is 28.7. The summed E-state index contributed by atoms with van der Waals surface area (Å²) in [6.45, 7) is 6.97. The van der Waals surface area contributed by atoms with Crippen LogP contribution in [0.3, 0.4) is 0 Å². The maximum atomic E-state index is 6.09. The molecule has 0 N–H and O–H groups in total. The summed E-state index contributed by atoms with van der Waals surface area (Å²) in [5, 5.41) is 0. The van der Waals surface area contributed by atoms with Gasteiger partial charge >= 0.3 is 0 Å². The van der Waals surface area contributed by atoms with Gasteiger partial charge in [0.25, 0.3) is 0 Å². The van der Waals surface area contributed by atoms with Crippen molar-refractivity contribution in [3.63, 3.8) is 0 Å². The number of rotatable bonds is 17. The van der Waals surface area contributed by atoms with Gasteiger partial charge in [-0.3, -0.25) is 0 Å². The molecule has 0 atom stereocenters. The van der Waals surface area contributed by atoms with Gasteiger partial charge in [0.1, 0.15) is 5.75 Å². The highest BCUT2D eigenvalue weighted by Crippen LogP contribution is 2.41. The van der Waals surface area contributed by atoms with Crippen molar-refractivity contribution in [2.24, 2.45) is 17.8 Å². The van der Waals surface area contributed by atoms with Crippen LogP contribution in [0.2, 0.25) is 0 Å². The van der Waals surface area contributed by atoms with Crippen LogP contribution >= 0.6 is 35.2 Å². The Morgan fingerprint density at radius 3 is 1.88 bits per heavy atom. The van der Waals surface area contributed by atoms with E-state index in [1.807, 2.05) is 0 Å². The van der Waals surface area contributed by atoms with Crippen molar-refractivity contribution in [1.29, 1.82) is 0 Å². The van der Waals surface area contributed by atoms with Crippen molar-refractivity contribution in [2.75, 3.05) is 19.8 Å². The molecular weight excluding hydrogens is 635 g/mol. The maximum absolute atomic E-state index is 6.09. The Morgan fingerprint density at radius 1 is 0.683 bits per heavy atom. The standard InChI is InChI=1S/C37H53IO2S/c1-29-11-15-31(16-12-29)32-17-13-30(14-18-32)28-39-25-9-7-5-3-2-4-6-8-10-26-40-35-22-19-33(20-23-35)34-21-24-37(41)36(38)27-34/h19-24,27,30-32,41H,1-18,25-26,28H2. The average molecular weight is 689 g/mol. The maximum Gasteiger partial charge on any atom is 0.119 e. The Hall–Kier alpha value is -0.980. The Balaban J connectivity index is 0.909. The van der Waals surface area contributed by atoms with E-state index in [2.05, 4.69) is 84.3 Å². The first-order valence-corrected chi connectivity index (χ1v) is 18.1. The van der Waals surface area contributed by atoms with Gasteiger partial charge < -0.3 is 9.47 Å². The third-order valence-electron chi connectivity index (χ3n) is 9.49. The minimum absolute atomic E-state index is 0.810. The molecule has 0 aromatic heterocycles. The minimum Gasteiger partial charge on any atom is -0.494 e. The number of halogens is 1. The number of thiol groups is 1. The summed E-state index contributed by atoms with van der Waals surface area (Å²) in [6.07, 6.45) is 22.8. The van der Waals surface area contributed by atoms with Gasteiger partial charge in [-0.25, -0.2) is 0 Å². The van der Waals surface area contributed by atoms with Crippen LogP contribution in [0, 0.1) is 21.3 Å². The van der Waals surface area contributed by atoms with Crippen LogP contribution < -0.4 is 4.74 Å². The fraction of sp³-hybridized carbons (Fsp3) is 0.622. The lowest BCUT2D eigenvalue weighted by molar-refractivity contribution is 0.0662. The van der Waals surface area contributed by atoms with E-state index in [4.69, 9.17) is 9.47 Å². The molecule has 0 unspecified atom stereocenters. The topological polar surface area (TPSA) is 18.5 Å². The summed E-state index contributed by atoms with van der Waals surface area (Å²) < 4.78 is 13.2. The molecule has 0 amide bonds. The Kier molecular flexibility index (Phi) is 15.0. The van der Waals surface area contributed by atoms with E-state index in [1.165, 1.54) is 123 Å². The second kappa shape index (κ2) is 18.6. The lowest BCUT2D eigenvalue weighted by atomic mass is 9.70. The lowest BCUT2D eigenvalue weighted by Gasteiger charge is -2.36. The molecule has 4 heteroatoms. The average Bonchev–Trinajstić information content (AvgIpc) is 3.00. The van der Waals surface area contributed by atoms with Crippen molar-refractivity contribution >= 4 is 35.2 Å². The Bertz CT molecular complexity index is 1020. The number of allylic oxidation sites excluding steroid dienone is 1. The third kappa shape index (κ3) is 11.9. The molecule has 2 nitrogen and oxygen atoms in total. The molecule has 2 fully saturated rings. The molecule has 0 radical (unpaired) electrons. The second-order valence-corrected chi connectivity index (χ2v) is 14.3. The molecule has 2 saturated carbocycles. The SMILES string of the molecule is C=C1CCC(C2CCC(COCCCCCCCCCCCOc3ccc(-c4ccc(S)c(I)c4)cc3)CC2)CC1. The first-order valence-electron chi connectivity index (χ1n) is 16.5. The van der Waals surface area contributed by atoms with Gasteiger partial charge in [-0.15, -0.1) is 12.6 Å². The normalized spacial score (nSPS) is 19.9. The van der Waals surface area contributed by atoms with E-state index in [1.54, 1.807) is 0 Å². The van der Waals surface area contributed by atoms with Gasteiger partial charge in [-0.05, 0) is 140 Å². The molecule has 2 aliphatic rings. The van der Waals surface area contributed by atoms with Gasteiger partial charge in [-0.2, -0.15) is 0 Å². The molecule has 0 spiro atoms. The van der Waals surface area contributed by atoms with Crippen molar-refractivity contribution < 1.29 is 9.47 Å². The highest BCUT2D eigenvalue weighted by atomic mass is 127. The predicted octanol–water partition coefficient (Wildman–Crippen LogP) is 11.7. The Morgan fingerprint density at radius 2 is 1.24 bits per heavy atom. The molecule has 2 aliphatic carbocycles. The fourth-order valence-corrected chi connectivity index (χ4v) is 7.41. The smallest absolute Gasteiger partial charge is 0.119 e. The van der Waals surface area contributed by atoms with Crippen molar-refractivity contribution in [1.82, 2.24) is 0 Å². The highest BCUT2D eigenvalue weighted by molar-refractivity contribution is 14.1. The van der Waals surface area contributed by atoms with E-state index in [0.29, 0.717) is 0 Å². The van der Waals surface area contributed by atoms with Gasteiger partial charge in [0, 0.05) is 21.7 Å². The number of hydrogen-bond acceptors (Lipinski definition) is 3. The van der Waals surface area contributed by atoms with E-state index in [-0.39, 0.29) is 0 Å². The van der Waals surface area contributed by atoms with Crippen LogP contribution in [0.4, 0.5) is 0 Å². The van der Waals surface area contributed by atoms with Crippen LogP contribution in [-0.4, -0.2) is 19.8 Å². The number of unbranched alkanes of at least 4 members (excludes halogenated alkanes) is 8. The quantitative estimate of drug-likeness (QED) is 0.0772. The molecule has 226 valence electrons. The molecule has 0 bridgehead atoms. The fourth-order valence-electron chi connectivity index (χ4n) is 6.76. The molecule has 0 heterocycles. The van der Waals surface area contributed by atoms with E-state index < -0.39 is 0 Å². The molecule has 0 aliphatic heterocycles. The molecule has 0 saturated heterocycles. The molecule has 41 heavy (non-hydrogen) atoms. The zero-order valence-electron chi connectivity index (χ0n) is 25.3. The lowest BCUT2D eigenvalue weighted by Crippen LogP contribution is -2.25. The van der Waals surface area contributed by atoms with Gasteiger partial charge in [0.15, 0.2) is 0 Å². The largest absolute Gasteiger partial charge is 0.494 e. The molecule has 2 aromatic carbocycles. The van der Waals surface area contributed by atoms with Crippen LogP contribution in [0.1, 0.15) is 109 Å². The van der Waals surface area contributed by atoms with E-state index in [9.17, 15) is 0 Å². The monoisotopic (exact) mass is 688 g/mol. The van der Waals surface area contributed by atoms with Gasteiger partial charge in [0.05, 0.1) is 6.61 Å². The summed E-state index contributed by atoms with van der Waals surface area (Å²) >= 11 is 6.80.